The second-order valence-corrected chi connectivity index (χ2v) is 4.91. The molecule has 0 saturated heterocycles. The molecule has 0 spiro atoms. The quantitative estimate of drug-likeness (QED) is 0.637. The van der Waals surface area contributed by atoms with E-state index in [2.05, 4.69) is 39.0 Å². The van der Waals surface area contributed by atoms with Gasteiger partial charge in [-0.3, -0.25) is 0 Å². The molecule has 0 fully saturated rings. The third kappa shape index (κ3) is 1.24. The van der Waals surface area contributed by atoms with Crippen molar-refractivity contribution in [1.29, 1.82) is 0 Å². The molecule has 3 rings (SSSR count). The predicted molar refractivity (Wildman–Crippen MR) is 65.7 cm³/mol. The van der Waals surface area contributed by atoms with Gasteiger partial charge in [-0.2, -0.15) is 0 Å². The Morgan fingerprint density at radius 3 is 2.88 bits per heavy atom. The van der Waals surface area contributed by atoms with Gasteiger partial charge in [0.2, 0.25) is 0 Å². The molecule has 1 atom stereocenters. The van der Waals surface area contributed by atoms with Crippen LogP contribution in [0.1, 0.15) is 35.3 Å². The second-order valence-electron chi connectivity index (χ2n) is 4.91. The fraction of sp³-hybridized carbons (Fsp3) is 0.333. The number of aryl methyl sites for hydroxylation is 2. The zero-order valence-corrected chi connectivity index (χ0v) is 10.0. The molecular formula is C15H16O. The fourth-order valence-corrected chi connectivity index (χ4v) is 2.71. The Labute approximate surface area is 96.1 Å². The lowest BCUT2D eigenvalue weighted by molar-refractivity contribution is 0.490. The summed E-state index contributed by atoms with van der Waals surface area (Å²) in [5, 5.41) is 0. The molecule has 0 saturated carbocycles. The normalized spacial score (nSPS) is 18.1. The van der Waals surface area contributed by atoms with Crippen LogP contribution in [0.4, 0.5) is 0 Å². The lowest BCUT2D eigenvalue weighted by atomic mass is 9.81. The monoisotopic (exact) mass is 212 g/mol. The number of benzene rings is 1. The Kier molecular flexibility index (Phi) is 1.97. The first kappa shape index (κ1) is 9.71. The van der Waals surface area contributed by atoms with Crippen molar-refractivity contribution in [1.82, 2.24) is 0 Å². The second kappa shape index (κ2) is 3.24. The molecule has 1 aliphatic rings. The van der Waals surface area contributed by atoms with Crippen molar-refractivity contribution in [3.63, 3.8) is 0 Å². The Morgan fingerprint density at radius 1 is 1.25 bits per heavy atom. The topological polar surface area (TPSA) is 13.1 Å². The van der Waals surface area contributed by atoms with Crippen LogP contribution in [0.25, 0.3) is 11.1 Å². The van der Waals surface area contributed by atoms with Gasteiger partial charge in [-0.25, -0.2) is 0 Å². The van der Waals surface area contributed by atoms with Gasteiger partial charge in [-0.1, -0.05) is 30.7 Å². The average molecular weight is 212 g/mol. The summed E-state index contributed by atoms with van der Waals surface area (Å²) in [6.45, 7) is 6.55. The van der Waals surface area contributed by atoms with E-state index >= 15 is 0 Å². The lowest BCUT2D eigenvalue weighted by Crippen LogP contribution is -2.07. The zero-order valence-electron chi connectivity index (χ0n) is 10.0. The van der Waals surface area contributed by atoms with Crippen LogP contribution in [0, 0.1) is 13.8 Å². The third-order valence-electron chi connectivity index (χ3n) is 3.55. The highest BCUT2D eigenvalue weighted by molar-refractivity contribution is 5.75. The summed E-state index contributed by atoms with van der Waals surface area (Å²) in [6, 6.07) is 6.76. The van der Waals surface area contributed by atoms with Crippen LogP contribution in [-0.4, -0.2) is 0 Å². The van der Waals surface area contributed by atoms with E-state index in [0.29, 0.717) is 5.92 Å². The average Bonchev–Trinajstić information content (AvgIpc) is 2.60. The summed E-state index contributed by atoms with van der Waals surface area (Å²) in [7, 11) is 0. The number of furan rings is 1. The van der Waals surface area contributed by atoms with Crippen LogP contribution in [0.5, 0.6) is 0 Å². The molecule has 82 valence electrons. The molecule has 0 aliphatic heterocycles. The SMILES string of the molecule is Cc1ccc2c(c1)-c1c(C)coc1CC2C. The van der Waals surface area contributed by atoms with E-state index in [0.717, 1.165) is 12.2 Å². The van der Waals surface area contributed by atoms with E-state index < -0.39 is 0 Å². The molecule has 0 radical (unpaired) electrons. The van der Waals surface area contributed by atoms with Gasteiger partial charge in [0.25, 0.3) is 0 Å². The highest BCUT2D eigenvalue weighted by Crippen LogP contribution is 2.42. The van der Waals surface area contributed by atoms with E-state index in [4.69, 9.17) is 4.42 Å². The minimum absolute atomic E-state index is 0.564. The Balaban J connectivity index is 2.33. The summed E-state index contributed by atoms with van der Waals surface area (Å²) in [5.41, 5.74) is 6.74. The molecule has 16 heavy (non-hydrogen) atoms. The van der Waals surface area contributed by atoms with Gasteiger partial charge < -0.3 is 4.42 Å². The Morgan fingerprint density at radius 2 is 2.06 bits per heavy atom. The smallest absolute Gasteiger partial charge is 0.112 e. The summed E-state index contributed by atoms with van der Waals surface area (Å²) >= 11 is 0. The molecule has 1 aromatic heterocycles. The maximum Gasteiger partial charge on any atom is 0.112 e. The summed E-state index contributed by atoms with van der Waals surface area (Å²) in [4.78, 5) is 0. The van der Waals surface area contributed by atoms with Gasteiger partial charge in [0.05, 0.1) is 6.26 Å². The van der Waals surface area contributed by atoms with E-state index in [1.807, 2.05) is 6.26 Å². The first-order chi connectivity index (χ1) is 7.66. The number of hydrogen-bond donors (Lipinski definition) is 0. The zero-order chi connectivity index (χ0) is 11.3. The van der Waals surface area contributed by atoms with Crippen LogP contribution < -0.4 is 0 Å². The van der Waals surface area contributed by atoms with Crippen LogP contribution in [0.3, 0.4) is 0 Å². The van der Waals surface area contributed by atoms with Gasteiger partial charge in [0, 0.05) is 12.0 Å². The largest absolute Gasteiger partial charge is 0.468 e. The van der Waals surface area contributed by atoms with E-state index in [-0.39, 0.29) is 0 Å². The predicted octanol–water partition coefficient (Wildman–Crippen LogP) is 4.22. The fourth-order valence-electron chi connectivity index (χ4n) is 2.71. The molecule has 1 unspecified atom stereocenters. The third-order valence-corrected chi connectivity index (χ3v) is 3.55. The van der Waals surface area contributed by atoms with Crippen LogP contribution in [0.2, 0.25) is 0 Å². The minimum Gasteiger partial charge on any atom is -0.468 e. The molecule has 0 N–H and O–H groups in total. The summed E-state index contributed by atoms with van der Waals surface area (Å²) < 4.78 is 5.65. The first-order valence-electron chi connectivity index (χ1n) is 5.84. The maximum atomic E-state index is 5.65. The van der Waals surface area contributed by atoms with Crippen molar-refractivity contribution >= 4 is 0 Å². The maximum absolute atomic E-state index is 5.65. The van der Waals surface area contributed by atoms with Gasteiger partial charge in [0.1, 0.15) is 5.76 Å². The highest BCUT2D eigenvalue weighted by Gasteiger charge is 2.25. The minimum atomic E-state index is 0.564. The van der Waals surface area contributed by atoms with E-state index in [1.165, 1.54) is 27.8 Å². The van der Waals surface area contributed by atoms with Gasteiger partial charge in [0.15, 0.2) is 0 Å². The van der Waals surface area contributed by atoms with Crippen molar-refractivity contribution in [2.24, 2.45) is 0 Å². The molecule has 2 aromatic rings. The van der Waals surface area contributed by atoms with E-state index in [9.17, 15) is 0 Å². The summed E-state index contributed by atoms with van der Waals surface area (Å²) in [6.07, 6.45) is 2.91. The Bertz CT molecular complexity index is 549. The lowest BCUT2D eigenvalue weighted by Gasteiger charge is -2.22. The number of rotatable bonds is 0. The molecular weight excluding hydrogens is 196 g/mol. The standard InChI is InChI=1S/C15H16O/c1-9-4-5-12-10(2)7-14-15(13(12)6-9)11(3)8-16-14/h4-6,8,10H,7H2,1-3H3. The first-order valence-corrected chi connectivity index (χ1v) is 5.84. The Hall–Kier alpha value is -1.50. The van der Waals surface area contributed by atoms with Crippen molar-refractivity contribution in [2.75, 3.05) is 0 Å². The van der Waals surface area contributed by atoms with Crippen LogP contribution in [0.15, 0.2) is 28.9 Å². The molecule has 1 nitrogen and oxygen atoms in total. The molecule has 0 bridgehead atoms. The van der Waals surface area contributed by atoms with Crippen molar-refractivity contribution < 1.29 is 4.42 Å². The van der Waals surface area contributed by atoms with Gasteiger partial charge in [-0.05, 0) is 36.5 Å². The van der Waals surface area contributed by atoms with Crippen LogP contribution in [-0.2, 0) is 6.42 Å². The van der Waals surface area contributed by atoms with Gasteiger partial charge >= 0.3 is 0 Å². The van der Waals surface area contributed by atoms with Crippen molar-refractivity contribution in [2.45, 2.75) is 33.1 Å². The molecule has 0 amide bonds. The van der Waals surface area contributed by atoms with Crippen molar-refractivity contribution in [3.8, 4) is 11.1 Å². The van der Waals surface area contributed by atoms with Crippen molar-refractivity contribution in [3.05, 3.63) is 46.9 Å². The molecule has 1 heterocycles. The molecule has 1 heteroatoms. The number of hydrogen-bond acceptors (Lipinski definition) is 1. The summed E-state index contributed by atoms with van der Waals surface area (Å²) in [5.74, 6) is 1.72. The highest BCUT2D eigenvalue weighted by atomic mass is 16.3. The van der Waals surface area contributed by atoms with Crippen LogP contribution >= 0.6 is 0 Å². The van der Waals surface area contributed by atoms with E-state index in [1.54, 1.807) is 0 Å². The number of fused-ring (bicyclic) bond motifs is 3. The van der Waals surface area contributed by atoms with Gasteiger partial charge in [-0.15, -0.1) is 0 Å². The molecule has 1 aliphatic carbocycles. The molecule has 1 aromatic carbocycles.